The molecule has 0 fully saturated rings. The summed E-state index contributed by atoms with van der Waals surface area (Å²) >= 11 is 1.63. The van der Waals surface area contributed by atoms with Crippen LogP contribution in [-0.2, 0) is 4.79 Å². The highest BCUT2D eigenvalue weighted by molar-refractivity contribution is 7.99. The van der Waals surface area contributed by atoms with Crippen LogP contribution in [0, 0.1) is 6.92 Å². The van der Waals surface area contributed by atoms with Gasteiger partial charge in [0.15, 0.2) is 0 Å². The van der Waals surface area contributed by atoms with Crippen molar-refractivity contribution < 1.29 is 9.21 Å². The molecular formula is C19H19N3O2S. The molecule has 0 spiro atoms. The Morgan fingerprint density at radius 2 is 1.76 bits per heavy atom. The van der Waals surface area contributed by atoms with Gasteiger partial charge in [0.1, 0.15) is 0 Å². The fourth-order valence-corrected chi connectivity index (χ4v) is 3.18. The maximum absolute atomic E-state index is 11.1. The summed E-state index contributed by atoms with van der Waals surface area (Å²) in [6, 6.07) is 15.7. The Morgan fingerprint density at radius 1 is 1.08 bits per heavy atom. The van der Waals surface area contributed by atoms with E-state index in [4.69, 9.17) is 4.42 Å². The molecule has 0 bridgehead atoms. The van der Waals surface area contributed by atoms with Crippen LogP contribution in [0.15, 0.2) is 57.8 Å². The molecule has 5 nitrogen and oxygen atoms in total. The monoisotopic (exact) mass is 353 g/mol. The number of carbonyl (C=O) groups is 1. The van der Waals surface area contributed by atoms with E-state index in [-0.39, 0.29) is 11.2 Å². The third-order valence-corrected chi connectivity index (χ3v) is 4.67. The Bertz CT molecular complexity index is 857. The summed E-state index contributed by atoms with van der Waals surface area (Å²) in [4.78, 5) is 12.1. The predicted octanol–water partition coefficient (Wildman–Crippen LogP) is 4.86. The van der Waals surface area contributed by atoms with E-state index in [0.29, 0.717) is 11.8 Å². The van der Waals surface area contributed by atoms with E-state index in [1.54, 1.807) is 11.8 Å². The van der Waals surface area contributed by atoms with Crippen molar-refractivity contribution in [1.29, 1.82) is 0 Å². The molecule has 1 atom stereocenters. The number of hydrogen-bond donors (Lipinski definition) is 1. The number of rotatable bonds is 5. The summed E-state index contributed by atoms with van der Waals surface area (Å²) in [7, 11) is 0. The van der Waals surface area contributed by atoms with Crippen molar-refractivity contribution in [3.05, 3.63) is 60.0 Å². The lowest BCUT2D eigenvalue weighted by Crippen LogP contribution is -2.05. The average molecular weight is 353 g/mol. The highest BCUT2D eigenvalue weighted by Gasteiger charge is 2.16. The molecule has 0 aliphatic heterocycles. The number of nitrogens with one attached hydrogen (secondary N) is 1. The first-order valence-corrected chi connectivity index (χ1v) is 8.84. The number of carbonyl (C=O) groups excluding carboxylic acids is 1. The second-order valence-corrected chi connectivity index (χ2v) is 7.19. The summed E-state index contributed by atoms with van der Waals surface area (Å²) in [6.07, 6.45) is 0. The average Bonchev–Trinajstić information content (AvgIpc) is 3.07. The Hall–Kier alpha value is -2.60. The van der Waals surface area contributed by atoms with Gasteiger partial charge in [0.2, 0.25) is 17.7 Å². The van der Waals surface area contributed by atoms with Crippen LogP contribution in [0.2, 0.25) is 0 Å². The van der Waals surface area contributed by atoms with Gasteiger partial charge in [-0.2, -0.15) is 0 Å². The third-order valence-electron chi connectivity index (χ3n) is 3.57. The molecule has 25 heavy (non-hydrogen) atoms. The molecule has 2 aromatic carbocycles. The van der Waals surface area contributed by atoms with Gasteiger partial charge in [-0.1, -0.05) is 17.7 Å². The van der Waals surface area contributed by atoms with Gasteiger partial charge in [-0.25, -0.2) is 0 Å². The van der Waals surface area contributed by atoms with E-state index < -0.39 is 0 Å². The summed E-state index contributed by atoms with van der Waals surface area (Å²) in [5.41, 5.74) is 2.89. The molecule has 3 aromatic rings. The molecule has 1 N–H and O–H groups in total. The van der Waals surface area contributed by atoms with Crippen molar-refractivity contribution in [2.24, 2.45) is 0 Å². The topological polar surface area (TPSA) is 68.0 Å². The molecule has 6 heteroatoms. The van der Waals surface area contributed by atoms with Gasteiger partial charge >= 0.3 is 0 Å². The number of anilines is 1. The van der Waals surface area contributed by atoms with Gasteiger partial charge in [-0.3, -0.25) is 4.79 Å². The highest BCUT2D eigenvalue weighted by Crippen LogP contribution is 2.35. The van der Waals surface area contributed by atoms with Gasteiger partial charge in [-0.15, -0.1) is 22.0 Å². The summed E-state index contributed by atoms with van der Waals surface area (Å²) in [5, 5.41) is 11.1. The molecule has 1 unspecified atom stereocenters. The molecule has 1 heterocycles. The molecule has 128 valence electrons. The molecule has 0 aliphatic rings. The number of amides is 1. The summed E-state index contributed by atoms with van der Waals surface area (Å²) < 4.78 is 5.82. The maximum Gasteiger partial charge on any atom is 0.247 e. The van der Waals surface area contributed by atoms with Crippen LogP contribution in [0.5, 0.6) is 0 Å². The van der Waals surface area contributed by atoms with Crippen LogP contribution in [0.3, 0.4) is 0 Å². The lowest BCUT2D eigenvalue weighted by Gasteiger charge is -2.08. The smallest absolute Gasteiger partial charge is 0.247 e. The van der Waals surface area contributed by atoms with Crippen LogP contribution in [0.1, 0.15) is 30.6 Å². The van der Waals surface area contributed by atoms with Crippen LogP contribution in [-0.4, -0.2) is 16.1 Å². The number of hydrogen-bond acceptors (Lipinski definition) is 5. The minimum Gasteiger partial charge on any atom is -0.419 e. The molecule has 0 aliphatic carbocycles. The van der Waals surface area contributed by atoms with Gasteiger partial charge in [0, 0.05) is 23.1 Å². The number of aromatic nitrogens is 2. The Labute approximate surface area is 150 Å². The first-order valence-electron chi connectivity index (χ1n) is 7.96. The molecule has 1 amide bonds. The van der Waals surface area contributed by atoms with Crippen LogP contribution in [0.25, 0.3) is 11.5 Å². The Balaban J connectivity index is 1.68. The van der Waals surface area contributed by atoms with E-state index >= 15 is 0 Å². The maximum atomic E-state index is 11.1. The second-order valence-electron chi connectivity index (χ2n) is 5.78. The highest BCUT2D eigenvalue weighted by atomic mass is 32.2. The van der Waals surface area contributed by atoms with Crippen LogP contribution >= 0.6 is 11.8 Å². The number of benzene rings is 2. The van der Waals surface area contributed by atoms with E-state index in [1.165, 1.54) is 12.5 Å². The van der Waals surface area contributed by atoms with Crippen molar-refractivity contribution in [2.75, 3.05) is 5.32 Å². The first kappa shape index (κ1) is 17.2. The molecule has 0 radical (unpaired) electrons. The lowest BCUT2D eigenvalue weighted by molar-refractivity contribution is -0.114. The van der Waals surface area contributed by atoms with Gasteiger partial charge < -0.3 is 9.73 Å². The Morgan fingerprint density at radius 3 is 2.40 bits per heavy atom. The SMILES string of the molecule is CC(=O)Nc1ccc(SC(C)c2nnc(-c3ccc(C)cc3)o2)cc1. The van der Waals surface area contributed by atoms with Gasteiger partial charge in [-0.05, 0) is 50.2 Å². The Kier molecular flexibility index (Phi) is 5.19. The van der Waals surface area contributed by atoms with Crippen molar-refractivity contribution in [1.82, 2.24) is 10.2 Å². The zero-order chi connectivity index (χ0) is 17.8. The van der Waals surface area contributed by atoms with Crippen molar-refractivity contribution >= 4 is 23.4 Å². The molecule has 0 saturated heterocycles. The van der Waals surface area contributed by atoms with Gasteiger partial charge in [0.25, 0.3) is 0 Å². The number of nitrogens with zero attached hydrogens (tertiary/aromatic N) is 2. The molecule has 1 aromatic heterocycles. The standard InChI is InChI=1S/C19H19N3O2S/c1-12-4-6-15(7-5-12)19-22-21-18(24-19)13(2)25-17-10-8-16(9-11-17)20-14(3)23/h4-11,13H,1-3H3,(H,20,23). The van der Waals surface area contributed by atoms with Gasteiger partial charge in [0.05, 0.1) is 5.25 Å². The van der Waals surface area contributed by atoms with Crippen LogP contribution in [0.4, 0.5) is 5.69 Å². The van der Waals surface area contributed by atoms with E-state index in [9.17, 15) is 4.79 Å². The van der Waals surface area contributed by atoms with Crippen LogP contribution < -0.4 is 5.32 Å². The fraction of sp³-hybridized carbons (Fsp3) is 0.211. The van der Waals surface area contributed by atoms with E-state index in [2.05, 4.69) is 15.5 Å². The second kappa shape index (κ2) is 7.53. The predicted molar refractivity (Wildman–Crippen MR) is 99.5 cm³/mol. The lowest BCUT2D eigenvalue weighted by atomic mass is 10.1. The van der Waals surface area contributed by atoms with Crippen molar-refractivity contribution in [3.63, 3.8) is 0 Å². The molecular weight excluding hydrogens is 334 g/mol. The third kappa shape index (κ3) is 4.48. The summed E-state index contributed by atoms with van der Waals surface area (Å²) in [5.74, 6) is 1.04. The zero-order valence-corrected chi connectivity index (χ0v) is 15.1. The minimum atomic E-state index is -0.0803. The largest absolute Gasteiger partial charge is 0.419 e. The fourth-order valence-electron chi connectivity index (χ4n) is 2.29. The summed E-state index contributed by atoms with van der Waals surface area (Å²) in [6.45, 7) is 5.56. The number of aryl methyl sites for hydroxylation is 1. The normalized spacial score (nSPS) is 12.0. The van der Waals surface area contributed by atoms with Crippen molar-refractivity contribution in [2.45, 2.75) is 30.9 Å². The minimum absolute atomic E-state index is 0.0262. The first-order chi connectivity index (χ1) is 12.0. The van der Waals surface area contributed by atoms with Crippen molar-refractivity contribution in [3.8, 4) is 11.5 Å². The molecule has 0 saturated carbocycles. The molecule has 3 rings (SSSR count). The van der Waals surface area contributed by atoms with E-state index in [0.717, 1.165) is 16.1 Å². The quantitative estimate of drug-likeness (QED) is 0.664. The number of thioether (sulfide) groups is 1. The van der Waals surface area contributed by atoms with E-state index in [1.807, 2.05) is 62.4 Å². The zero-order valence-electron chi connectivity index (χ0n) is 14.3.